The molecule has 0 atom stereocenters. The van der Waals surface area contributed by atoms with Crippen LogP contribution in [0.5, 0.6) is 0 Å². The van der Waals surface area contributed by atoms with E-state index in [-0.39, 0.29) is 18.1 Å². The van der Waals surface area contributed by atoms with Gasteiger partial charge in [0.05, 0.1) is 12.3 Å². The number of carbonyl (C=O) groups excluding carboxylic acids is 2. The van der Waals surface area contributed by atoms with Gasteiger partial charge in [0.15, 0.2) is 5.78 Å². The Bertz CT molecular complexity index is 1080. The predicted octanol–water partition coefficient (Wildman–Crippen LogP) is 5.60. The molecule has 5 nitrogen and oxygen atoms in total. The number of benzene rings is 2. The van der Waals surface area contributed by atoms with Gasteiger partial charge in [0.25, 0.3) is 0 Å². The number of amides is 1. The molecule has 0 saturated heterocycles. The molecule has 1 amide bonds. The summed E-state index contributed by atoms with van der Waals surface area (Å²) in [6.07, 6.45) is 2.17. The number of pyridine rings is 1. The van der Waals surface area contributed by atoms with Gasteiger partial charge >= 0.3 is 6.09 Å². The van der Waals surface area contributed by atoms with Crippen molar-refractivity contribution in [2.24, 2.45) is 0 Å². The third kappa shape index (κ3) is 5.34. The van der Waals surface area contributed by atoms with Gasteiger partial charge < -0.3 is 4.74 Å². The first-order valence-corrected chi connectivity index (χ1v) is 10.1. The van der Waals surface area contributed by atoms with Crippen LogP contribution in [0.15, 0.2) is 60.8 Å². The first-order chi connectivity index (χ1) is 14.9. The van der Waals surface area contributed by atoms with Crippen molar-refractivity contribution in [2.75, 3.05) is 18.6 Å². The second-order valence-corrected chi connectivity index (χ2v) is 7.17. The Morgan fingerprint density at radius 2 is 1.77 bits per heavy atom. The van der Waals surface area contributed by atoms with E-state index in [1.54, 1.807) is 43.5 Å². The normalized spacial score (nSPS) is 10.6. The van der Waals surface area contributed by atoms with Gasteiger partial charge in [-0.1, -0.05) is 36.4 Å². The number of ketones is 1. The first-order valence-electron chi connectivity index (χ1n) is 10.1. The largest absolute Gasteiger partial charge is 0.449 e. The Morgan fingerprint density at radius 1 is 1.06 bits per heavy atom. The molecule has 0 radical (unpaired) electrons. The summed E-state index contributed by atoms with van der Waals surface area (Å²) in [6.45, 7) is 3.85. The second kappa shape index (κ2) is 9.98. The van der Waals surface area contributed by atoms with Crippen LogP contribution in [0.1, 0.15) is 35.0 Å². The SMILES string of the molecule is CCOC(=O)N(C)c1ccc(-c2ccc(C(=O)CCc3cccnc3C)cc2)cc1F. The summed E-state index contributed by atoms with van der Waals surface area (Å²) >= 11 is 0. The maximum Gasteiger partial charge on any atom is 0.414 e. The van der Waals surface area contributed by atoms with E-state index in [4.69, 9.17) is 4.74 Å². The molecule has 2 aromatic carbocycles. The third-order valence-corrected chi connectivity index (χ3v) is 5.13. The Balaban J connectivity index is 1.69. The van der Waals surface area contributed by atoms with Crippen LogP contribution < -0.4 is 4.90 Å². The molecule has 0 fully saturated rings. The molecule has 6 heteroatoms. The number of carbonyl (C=O) groups is 2. The van der Waals surface area contributed by atoms with Crippen LogP contribution in [0.25, 0.3) is 11.1 Å². The lowest BCUT2D eigenvalue weighted by atomic mass is 9.99. The molecule has 1 heterocycles. The third-order valence-electron chi connectivity index (χ3n) is 5.13. The fourth-order valence-electron chi connectivity index (χ4n) is 3.30. The first kappa shape index (κ1) is 22.2. The van der Waals surface area contributed by atoms with E-state index in [2.05, 4.69) is 4.98 Å². The van der Waals surface area contributed by atoms with Crippen molar-refractivity contribution in [3.8, 4) is 11.1 Å². The second-order valence-electron chi connectivity index (χ2n) is 7.17. The molecule has 0 unspecified atom stereocenters. The van der Waals surface area contributed by atoms with Crippen molar-refractivity contribution >= 4 is 17.6 Å². The molecule has 0 bridgehead atoms. The quantitative estimate of drug-likeness (QED) is 0.467. The Hall–Kier alpha value is -3.54. The highest BCUT2D eigenvalue weighted by Gasteiger charge is 2.16. The lowest BCUT2D eigenvalue weighted by Crippen LogP contribution is -2.27. The van der Waals surface area contributed by atoms with Gasteiger partial charge in [-0.3, -0.25) is 14.7 Å². The van der Waals surface area contributed by atoms with Crippen LogP contribution in [0.2, 0.25) is 0 Å². The predicted molar refractivity (Wildman–Crippen MR) is 119 cm³/mol. The Morgan fingerprint density at radius 3 is 2.42 bits per heavy atom. The highest BCUT2D eigenvalue weighted by atomic mass is 19.1. The number of aryl methyl sites for hydroxylation is 2. The summed E-state index contributed by atoms with van der Waals surface area (Å²) in [7, 11) is 1.46. The van der Waals surface area contributed by atoms with Crippen molar-refractivity contribution < 1.29 is 18.7 Å². The van der Waals surface area contributed by atoms with Crippen molar-refractivity contribution in [2.45, 2.75) is 26.7 Å². The van der Waals surface area contributed by atoms with Crippen LogP contribution in [0.4, 0.5) is 14.9 Å². The van der Waals surface area contributed by atoms with Crippen molar-refractivity contribution in [1.82, 2.24) is 4.98 Å². The number of Topliss-reactive ketones (excluding diaryl/α,β-unsaturated/α-hetero) is 1. The van der Waals surface area contributed by atoms with Gasteiger partial charge in [0.1, 0.15) is 5.82 Å². The zero-order valence-electron chi connectivity index (χ0n) is 17.9. The Kier molecular flexibility index (Phi) is 7.13. The van der Waals surface area contributed by atoms with E-state index in [0.29, 0.717) is 24.0 Å². The van der Waals surface area contributed by atoms with Crippen LogP contribution in [-0.4, -0.2) is 30.5 Å². The lowest BCUT2D eigenvalue weighted by Gasteiger charge is -2.17. The van der Waals surface area contributed by atoms with E-state index in [9.17, 15) is 14.0 Å². The van der Waals surface area contributed by atoms with E-state index >= 15 is 0 Å². The zero-order chi connectivity index (χ0) is 22.4. The van der Waals surface area contributed by atoms with Gasteiger partial charge in [0, 0.05) is 30.9 Å². The molecule has 0 saturated carbocycles. The fraction of sp³-hybridized carbons (Fsp3) is 0.240. The summed E-state index contributed by atoms with van der Waals surface area (Å²) in [5.41, 5.74) is 4.19. The number of anilines is 1. The van der Waals surface area contributed by atoms with Gasteiger partial charge in [-0.2, -0.15) is 0 Å². The number of hydrogen-bond acceptors (Lipinski definition) is 4. The molecular formula is C25H25FN2O3. The van der Waals surface area contributed by atoms with Gasteiger partial charge in [-0.25, -0.2) is 9.18 Å². The summed E-state index contributed by atoms with van der Waals surface area (Å²) < 4.78 is 19.5. The summed E-state index contributed by atoms with van der Waals surface area (Å²) in [5, 5.41) is 0. The highest BCUT2D eigenvalue weighted by molar-refractivity contribution is 5.96. The van der Waals surface area contributed by atoms with Crippen LogP contribution >= 0.6 is 0 Å². The van der Waals surface area contributed by atoms with E-state index in [0.717, 1.165) is 21.7 Å². The molecule has 160 valence electrons. The average Bonchev–Trinajstić information content (AvgIpc) is 2.78. The van der Waals surface area contributed by atoms with Crippen LogP contribution in [0.3, 0.4) is 0 Å². The van der Waals surface area contributed by atoms with Gasteiger partial charge in [-0.15, -0.1) is 0 Å². The number of aromatic nitrogens is 1. The number of rotatable bonds is 7. The number of halogens is 1. The molecular weight excluding hydrogens is 395 g/mol. The highest BCUT2D eigenvalue weighted by Crippen LogP contribution is 2.27. The summed E-state index contributed by atoms with van der Waals surface area (Å²) in [6, 6.07) is 15.6. The van der Waals surface area contributed by atoms with Crippen LogP contribution in [0, 0.1) is 12.7 Å². The molecule has 31 heavy (non-hydrogen) atoms. The van der Waals surface area contributed by atoms with E-state index < -0.39 is 11.9 Å². The average molecular weight is 420 g/mol. The maximum absolute atomic E-state index is 14.6. The molecule has 0 spiro atoms. The molecule has 0 aliphatic carbocycles. The minimum Gasteiger partial charge on any atom is -0.449 e. The van der Waals surface area contributed by atoms with Crippen molar-refractivity contribution in [3.63, 3.8) is 0 Å². The molecule has 3 aromatic rings. The zero-order valence-corrected chi connectivity index (χ0v) is 17.9. The van der Waals surface area contributed by atoms with Crippen LogP contribution in [-0.2, 0) is 11.2 Å². The molecule has 3 rings (SSSR count). The molecule has 0 N–H and O–H groups in total. The lowest BCUT2D eigenvalue weighted by molar-refractivity contribution is 0.0982. The topological polar surface area (TPSA) is 59.5 Å². The minimum atomic E-state index is -0.613. The number of nitrogens with zero attached hydrogens (tertiary/aromatic N) is 2. The van der Waals surface area contributed by atoms with E-state index in [1.165, 1.54) is 19.2 Å². The number of hydrogen-bond donors (Lipinski definition) is 0. The fourth-order valence-corrected chi connectivity index (χ4v) is 3.30. The van der Waals surface area contributed by atoms with E-state index in [1.807, 2.05) is 19.1 Å². The van der Waals surface area contributed by atoms with Gasteiger partial charge in [-0.05, 0) is 55.2 Å². The van der Waals surface area contributed by atoms with Crippen molar-refractivity contribution in [1.29, 1.82) is 0 Å². The number of ether oxygens (including phenoxy) is 1. The minimum absolute atomic E-state index is 0.0485. The Labute approximate surface area is 181 Å². The standard InChI is InChI=1S/C25H25FN2O3/c1-4-31-25(30)28(3)23-13-11-21(16-22(23)26)19-7-9-20(10-8-19)24(29)14-12-18-6-5-15-27-17(18)2/h5-11,13,15-16H,4,12,14H2,1-3H3. The summed E-state index contributed by atoms with van der Waals surface area (Å²) in [4.78, 5) is 29.7. The molecule has 0 aliphatic heterocycles. The summed E-state index contributed by atoms with van der Waals surface area (Å²) in [5.74, 6) is -0.479. The van der Waals surface area contributed by atoms with Gasteiger partial charge in [0.2, 0.25) is 0 Å². The van der Waals surface area contributed by atoms with Crippen molar-refractivity contribution in [3.05, 3.63) is 83.4 Å². The molecule has 1 aromatic heterocycles. The monoisotopic (exact) mass is 420 g/mol. The smallest absolute Gasteiger partial charge is 0.414 e. The molecule has 0 aliphatic rings. The maximum atomic E-state index is 14.6.